The number of hydrogen-bond donors (Lipinski definition) is 2. The van der Waals surface area contributed by atoms with E-state index in [4.69, 9.17) is 0 Å². The molecule has 0 aromatic carbocycles. The molecule has 4 heteroatoms. The number of aliphatic hydroxyl groups is 2. The Kier molecular flexibility index (Phi) is 10.1. The standard InChI is InChI=1S/C20H34O4/c1-3-5-7-8-9-10-15-16(20(24)14-19(15)23)12-13-18(22)17(21)11-6-4-2/h8-9,15-17,20-21,24H,3-7,10-14H2,1-2H3/b9-8-. The number of carbonyl (C=O) groups excluding carboxylic acids is 2. The lowest BCUT2D eigenvalue weighted by atomic mass is 9.86. The van der Waals surface area contributed by atoms with Crippen LogP contribution in [-0.2, 0) is 9.59 Å². The quantitative estimate of drug-likeness (QED) is 0.421. The molecule has 0 heterocycles. The summed E-state index contributed by atoms with van der Waals surface area (Å²) in [7, 11) is 0. The van der Waals surface area contributed by atoms with E-state index in [0.717, 1.165) is 32.1 Å². The van der Waals surface area contributed by atoms with Crippen LogP contribution >= 0.6 is 0 Å². The maximum absolute atomic E-state index is 12.1. The van der Waals surface area contributed by atoms with Crippen molar-refractivity contribution >= 4 is 11.6 Å². The molecule has 138 valence electrons. The van der Waals surface area contributed by atoms with Gasteiger partial charge in [0.05, 0.1) is 6.10 Å². The van der Waals surface area contributed by atoms with Crippen LogP contribution in [0.1, 0.15) is 78.1 Å². The van der Waals surface area contributed by atoms with Gasteiger partial charge in [0, 0.05) is 18.8 Å². The van der Waals surface area contributed by atoms with Gasteiger partial charge in [-0.1, -0.05) is 51.7 Å². The van der Waals surface area contributed by atoms with E-state index in [1.54, 1.807) is 0 Å². The van der Waals surface area contributed by atoms with Crippen LogP contribution < -0.4 is 0 Å². The fourth-order valence-corrected chi connectivity index (χ4v) is 3.43. The van der Waals surface area contributed by atoms with Crippen LogP contribution in [0.4, 0.5) is 0 Å². The van der Waals surface area contributed by atoms with Crippen LogP contribution in [0.3, 0.4) is 0 Å². The van der Waals surface area contributed by atoms with E-state index in [9.17, 15) is 19.8 Å². The zero-order valence-electron chi connectivity index (χ0n) is 15.2. The summed E-state index contributed by atoms with van der Waals surface area (Å²) in [6.45, 7) is 4.17. The summed E-state index contributed by atoms with van der Waals surface area (Å²) in [5.41, 5.74) is 0. The topological polar surface area (TPSA) is 74.6 Å². The molecule has 4 nitrogen and oxygen atoms in total. The summed E-state index contributed by atoms with van der Waals surface area (Å²) in [4.78, 5) is 24.1. The first-order chi connectivity index (χ1) is 11.5. The minimum Gasteiger partial charge on any atom is -0.392 e. The number of Topliss-reactive ketones (excluding diaryl/α,β-unsaturated/α-hetero) is 2. The van der Waals surface area contributed by atoms with Gasteiger partial charge in [0.25, 0.3) is 0 Å². The van der Waals surface area contributed by atoms with Crippen molar-refractivity contribution < 1.29 is 19.8 Å². The molecular formula is C20H34O4. The third-order valence-corrected chi connectivity index (χ3v) is 5.04. The number of ketones is 2. The third-order valence-electron chi connectivity index (χ3n) is 5.04. The number of aliphatic hydroxyl groups excluding tert-OH is 2. The van der Waals surface area contributed by atoms with Crippen LogP contribution in [0.15, 0.2) is 12.2 Å². The number of unbranched alkanes of at least 4 members (excludes halogenated alkanes) is 3. The van der Waals surface area contributed by atoms with E-state index in [1.165, 1.54) is 0 Å². The first-order valence-corrected chi connectivity index (χ1v) is 9.57. The number of carbonyl (C=O) groups is 2. The maximum Gasteiger partial charge on any atom is 0.161 e. The molecule has 0 aliphatic heterocycles. The molecule has 2 N–H and O–H groups in total. The molecule has 0 spiro atoms. The summed E-state index contributed by atoms with van der Waals surface area (Å²) in [5.74, 6) is -0.395. The zero-order chi connectivity index (χ0) is 17.9. The molecule has 1 rings (SSSR count). The molecule has 4 atom stereocenters. The minimum atomic E-state index is -0.897. The molecular weight excluding hydrogens is 304 g/mol. The van der Waals surface area contributed by atoms with Crippen molar-refractivity contribution in [3.8, 4) is 0 Å². The lowest BCUT2D eigenvalue weighted by Crippen LogP contribution is -2.25. The molecule has 0 aromatic heterocycles. The van der Waals surface area contributed by atoms with Gasteiger partial charge in [0.15, 0.2) is 5.78 Å². The van der Waals surface area contributed by atoms with Crippen LogP contribution in [0.2, 0.25) is 0 Å². The number of hydrogen-bond acceptors (Lipinski definition) is 4. The first-order valence-electron chi connectivity index (χ1n) is 9.57. The van der Waals surface area contributed by atoms with E-state index in [0.29, 0.717) is 19.3 Å². The second kappa shape index (κ2) is 11.5. The van der Waals surface area contributed by atoms with E-state index in [2.05, 4.69) is 13.0 Å². The molecule has 0 bridgehead atoms. The summed E-state index contributed by atoms with van der Waals surface area (Å²) >= 11 is 0. The largest absolute Gasteiger partial charge is 0.392 e. The van der Waals surface area contributed by atoms with Gasteiger partial charge in [-0.3, -0.25) is 9.59 Å². The molecule has 24 heavy (non-hydrogen) atoms. The summed E-state index contributed by atoms with van der Waals surface area (Å²) < 4.78 is 0. The highest BCUT2D eigenvalue weighted by molar-refractivity contribution is 5.85. The molecule has 1 aliphatic rings. The predicted molar refractivity (Wildman–Crippen MR) is 95.7 cm³/mol. The maximum atomic E-state index is 12.1. The van der Waals surface area contributed by atoms with Crippen LogP contribution in [-0.4, -0.2) is 34.0 Å². The Morgan fingerprint density at radius 1 is 1.25 bits per heavy atom. The van der Waals surface area contributed by atoms with Crippen molar-refractivity contribution in [2.75, 3.05) is 0 Å². The summed E-state index contributed by atoms with van der Waals surface area (Å²) in [6.07, 6.45) is 9.80. The highest BCUT2D eigenvalue weighted by Crippen LogP contribution is 2.35. The zero-order valence-corrected chi connectivity index (χ0v) is 15.2. The Bertz CT molecular complexity index is 416. The summed E-state index contributed by atoms with van der Waals surface area (Å²) in [6, 6.07) is 0. The number of rotatable bonds is 12. The molecule has 1 aliphatic carbocycles. The highest BCUT2D eigenvalue weighted by Gasteiger charge is 2.40. The van der Waals surface area contributed by atoms with Gasteiger partial charge < -0.3 is 10.2 Å². The van der Waals surface area contributed by atoms with E-state index in [-0.39, 0.29) is 36.2 Å². The normalized spacial score (nSPS) is 25.5. The molecule has 0 aromatic rings. The number of allylic oxidation sites excluding steroid dienone is 2. The Morgan fingerprint density at radius 2 is 1.96 bits per heavy atom. The Morgan fingerprint density at radius 3 is 2.62 bits per heavy atom. The van der Waals surface area contributed by atoms with Gasteiger partial charge in [0.1, 0.15) is 11.9 Å². The Balaban J connectivity index is 2.48. The second-order valence-electron chi connectivity index (χ2n) is 7.02. The van der Waals surface area contributed by atoms with Crippen molar-refractivity contribution in [1.29, 1.82) is 0 Å². The lowest BCUT2D eigenvalue weighted by molar-refractivity contribution is -0.128. The Hall–Kier alpha value is -1.00. The van der Waals surface area contributed by atoms with Crippen LogP contribution in [0.5, 0.6) is 0 Å². The third kappa shape index (κ3) is 6.86. The molecule has 0 saturated heterocycles. The monoisotopic (exact) mass is 338 g/mol. The average Bonchev–Trinajstić information content (AvgIpc) is 2.83. The van der Waals surface area contributed by atoms with Crippen molar-refractivity contribution in [3.63, 3.8) is 0 Å². The Labute approximate surface area is 146 Å². The van der Waals surface area contributed by atoms with Crippen molar-refractivity contribution in [2.24, 2.45) is 11.8 Å². The lowest BCUT2D eigenvalue weighted by Gasteiger charge is -2.20. The van der Waals surface area contributed by atoms with Gasteiger partial charge in [-0.25, -0.2) is 0 Å². The molecule has 1 fully saturated rings. The van der Waals surface area contributed by atoms with Gasteiger partial charge >= 0.3 is 0 Å². The van der Waals surface area contributed by atoms with Crippen molar-refractivity contribution in [3.05, 3.63) is 12.2 Å². The average molecular weight is 338 g/mol. The summed E-state index contributed by atoms with van der Waals surface area (Å²) in [5, 5.41) is 20.0. The van der Waals surface area contributed by atoms with E-state index >= 15 is 0 Å². The first kappa shape index (κ1) is 21.0. The molecule has 0 radical (unpaired) electrons. The molecule has 1 saturated carbocycles. The minimum absolute atomic E-state index is 0.103. The second-order valence-corrected chi connectivity index (χ2v) is 7.02. The molecule has 4 unspecified atom stereocenters. The van der Waals surface area contributed by atoms with Crippen molar-refractivity contribution in [1.82, 2.24) is 0 Å². The van der Waals surface area contributed by atoms with E-state index in [1.807, 2.05) is 13.0 Å². The SMILES string of the molecule is CCCC/C=C\CC1C(=O)CC(O)C1CCC(=O)C(O)CCCC. The fourth-order valence-electron chi connectivity index (χ4n) is 3.43. The van der Waals surface area contributed by atoms with Gasteiger partial charge in [-0.05, 0) is 31.6 Å². The van der Waals surface area contributed by atoms with E-state index < -0.39 is 12.2 Å². The van der Waals surface area contributed by atoms with Crippen LogP contribution in [0.25, 0.3) is 0 Å². The smallest absolute Gasteiger partial charge is 0.161 e. The van der Waals surface area contributed by atoms with Crippen LogP contribution in [0, 0.1) is 11.8 Å². The van der Waals surface area contributed by atoms with Crippen molar-refractivity contribution in [2.45, 2.75) is 90.3 Å². The molecule has 0 amide bonds. The van der Waals surface area contributed by atoms with Gasteiger partial charge in [0.2, 0.25) is 0 Å². The highest BCUT2D eigenvalue weighted by atomic mass is 16.3. The predicted octanol–water partition coefficient (Wildman–Crippen LogP) is 3.59. The van der Waals surface area contributed by atoms with Gasteiger partial charge in [-0.2, -0.15) is 0 Å². The fraction of sp³-hybridized carbons (Fsp3) is 0.800. The van der Waals surface area contributed by atoms with Gasteiger partial charge in [-0.15, -0.1) is 0 Å².